The average Bonchev–Trinajstić information content (AvgIpc) is 2.46. The van der Waals surface area contributed by atoms with Gasteiger partial charge >= 0.3 is 0 Å². The summed E-state index contributed by atoms with van der Waals surface area (Å²) >= 11 is 0. The Morgan fingerprint density at radius 3 is 2.93 bits per heavy atom. The summed E-state index contributed by atoms with van der Waals surface area (Å²) in [7, 11) is 0. The fourth-order valence-corrected chi connectivity index (χ4v) is 1.95. The van der Waals surface area contributed by atoms with E-state index < -0.39 is 0 Å². The van der Waals surface area contributed by atoms with Crippen LogP contribution in [0, 0.1) is 0 Å². The van der Waals surface area contributed by atoms with Gasteiger partial charge in [-0.15, -0.1) is 0 Å². The van der Waals surface area contributed by atoms with E-state index in [0.717, 1.165) is 25.8 Å². The zero-order valence-electron chi connectivity index (χ0n) is 8.66. The van der Waals surface area contributed by atoms with Crippen molar-refractivity contribution in [3.05, 3.63) is 0 Å². The van der Waals surface area contributed by atoms with Crippen LogP contribution in [0.2, 0.25) is 0 Å². The molecule has 1 heterocycles. The van der Waals surface area contributed by atoms with Gasteiger partial charge in [0.1, 0.15) is 0 Å². The van der Waals surface area contributed by atoms with Crippen molar-refractivity contribution in [2.24, 2.45) is 5.73 Å². The molecule has 0 aromatic heterocycles. The van der Waals surface area contributed by atoms with E-state index in [9.17, 15) is 9.59 Å². The van der Waals surface area contributed by atoms with Gasteiger partial charge in [-0.3, -0.25) is 9.59 Å². The molecule has 2 amide bonds. The summed E-state index contributed by atoms with van der Waals surface area (Å²) < 4.78 is 0. The monoisotopic (exact) mass is 198 g/mol. The molecule has 0 aromatic carbocycles. The van der Waals surface area contributed by atoms with Gasteiger partial charge in [-0.25, -0.2) is 0 Å². The zero-order chi connectivity index (χ0) is 10.6. The molecule has 0 saturated carbocycles. The molecule has 1 atom stereocenters. The van der Waals surface area contributed by atoms with Crippen molar-refractivity contribution >= 4 is 11.8 Å². The molecule has 1 fully saturated rings. The number of nitrogens with zero attached hydrogens (tertiary/aromatic N) is 1. The van der Waals surface area contributed by atoms with E-state index in [0.29, 0.717) is 12.8 Å². The highest BCUT2D eigenvalue weighted by Crippen LogP contribution is 2.22. The van der Waals surface area contributed by atoms with Gasteiger partial charge in [0, 0.05) is 25.4 Å². The first-order chi connectivity index (χ1) is 6.65. The van der Waals surface area contributed by atoms with E-state index in [2.05, 4.69) is 6.92 Å². The number of rotatable bonds is 5. The Labute approximate surface area is 84.4 Å². The Morgan fingerprint density at radius 1 is 1.64 bits per heavy atom. The van der Waals surface area contributed by atoms with Crippen LogP contribution in [0.3, 0.4) is 0 Å². The number of hydrogen-bond donors (Lipinski definition) is 1. The van der Waals surface area contributed by atoms with Gasteiger partial charge in [0.15, 0.2) is 0 Å². The van der Waals surface area contributed by atoms with E-state index in [1.807, 2.05) is 4.90 Å². The molecule has 0 unspecified atom stereocenters. The SMILES string of the molecule is CCCN1C(=O)CC[C@H]1CCC(N)=O. The molecule has 0 radical (unpaired) electrons. The fraction of sp³-hybridized carbons (Fsp3) is 0.800. The third-order valence-electron chi connectivity index (χ3n) is 2.64. The highest BCUT2D eigenvalue weighted by Gasteiger charge is 2.29. The standard InChI is InChI=1S/C10H18N2O2/c1-2-7-12-8(3-5-9(11)13)4-6-10(12)14/h8H,2-7H2,1H3,(H2,11,13)/t8-/m1/s1. The van der Waals surface area contributed by atoms with Crippen LogP contribution in [0.25, 0.3) is 0 Å². The van der Waals surface area contributed by atoms with Crippen LogP contribution in [-0.2, 0) is 9.59 Å². The molecular weight excluding hydrogens is 180 g/mol. The number of primary amides is 1. The van der Waals surface area contributed by atoms with E-state index in [1.54, 1.807) is 0 Å². The minimum absolute atomic E-state index is 0.223. The van der Waals surface area contributed by atoms with Crippen LogP contribution in [0.1, 0.15) is 39.0 Å². The van der Waals surface area contributed by atoms with E-state index >= 15 is 0 Å². The second-order valence-electron chi connectivity index (χ2n) is 3.78. The Balaban J connectivity index is 2.42. The number of carbonyl (C=O) groups is 2. The smallest absolute Gasteiger partial charge is 0.222 e. The average molecular weight is 198 g/mol. The fourth-order valence-electron chi connectivity index (χ4n) is 1.95. The first-order valence-electron chi connectivity index (χ1n) is 5.23. The van der Waals surface area contributed by atoms with Crippen molar-refractivity contribution in [3.8, 4) is 0 Å². The van der Waals surface area contributed by atoms with Crippen LogP contribution >= 0.6 is 0 Å². The van der Waals surface area contributed by atoms with Crippen LogP contribution in [0.15, 0.2) is 0 Å². The molecule has 4 heteroatoms. The molecule has 0 bridgehead atoms. The lowest BCUT2D eigenvalue weighted by molar-refractivity contribution is -0.129. The number of amides is 2. The minimum atomic E-state index is -0.277. The van der Waals surface area contributed by atoms with Gasteiger partial charge in [0.25, 0.3) is 0 Å². The highest BCUT2D eigenvalue weighted by atomic mass is 16.2. The van der Waals surface area contributed by atoms with E-state index in [1.165, 1.54) is 0 Å². The number of hydrogen-bond acceptors (Lipinski definition) is 2. The summed E-state index contributed by atoms with van der Waals surface area (Å²) in [5, 5.41) is 0. The molecule has 1 aliphatic heterocycles. The molecule has 1 saturated heterocycles. The summed E-state index contributed by atoms with van der Waals surface area (Å²) in [6.07, 6.45) is 3.59. The molecule has 1 rings (SSSR count). The van der Waals surface area contributed by atoms with Crippen molar-refractivity contribution in [2.75, 3.05) is 6.54 Å². The summed E-state index contributed by atoms with van der Waals surface area (Å²) in [5.41, 5.74) is 5.08. The minimum Gasteiger partial charge on any atom is -0.370 e. The molecule has 4 nitrogen and oxygen atoms in total. The lowest BCUT2D eigenvalue weighted by Gasteiger charge is -2.23. The van der Waals surface area contributed by atoms with Crippen molar-refractivity contribution in [1.29, 1.82) is 0 Å². The predicted octanol–water partition coefficient (Wildman–Crippen LogP) is 0.653. The number of likely N-dealkylation sites (tertiary alicyclic amines) is 1. The number of carbonyl (C=O) groups excluding carboxylic acids is 2. The molecule has 2 N–H and O–H groups in total. The van der Waals surface area contributed by atoms with Gasteiger partial charge < -0.3 is 10.6 Å². The molecule has 14 heavy (non-hydrogen) atoms. The molecule has 80 valence electrons. The van der Waals surface area contributed by atoms with Crippen LogP contribution in [0.5, 0.6) is 0 Å². The van der Waals surface area contributed by atoms with Crippen LogP contribution in [0.4, 0.5) is 0 Å². The van der Waals surface area contributed by atoms with Gasteiger partial charge in [-0.1, -0.05) is 6.92 Å². The Kier molecular flexibility index (Phi) is 3.92. The van der Waals surface area contributed by atoms with Gasteiger partial charge in [-0.05, 0) is 19.3 Å². The third kappa shape index (κ3) is 2.72. The van der Waals surface area contributed by atoms with Crippen molar-refractivity contribution < 1.29 is 9.59 Å². The molecule has 0 aromatic rings. The Hall–Kier alpha value is -1.06. The summed E-state index contributed by atoms with van der Waals surface area (Å²) in [5.74, 6) is -0.0536. The first-order valence-corrected chi connectivity index (χ1v) is 5.23. The second kappa shape index (κ2) is 4.98. The third-order valence-corrected chi connectivity index (χ3v) is 2.64. The summed E-state index contributed by atoms with van der Waals surface area (Å²) in [6.45, 7) is 2.86. The van der Waals surface area contributed by atoms with Crippen molar-refractivity contribution in [2.45, 2.75) is 45.1 Å². The van der Waals surface area contributed by atoms with Crippen molar-refractivity contribution in [3.63, 3.8) is 0 Å². The molecule has 0 aliphatic carbocycles. The summed E-state index contributed by atoms with van der Waals surface area (Å²) in [6, 6.07) is 0.245. The lowest BCUT2D eigenvalue weighted by Crippen LogP contribution is -2.34. The summed E-state index contributed by atoms with van der Waals surface area (Å²) in [4.78, 5) is 23.9. The van der Waals surface area contributed by atoms with Gasteiger partial charge in [0.2, 0.25) is 11.8 Å². The second-order valence-corrected chi connectivity index (χ2v) is 3.78. The Morgan fingerprint density at radius 2 is 2.36 bits per heavy atom. The predicted molar refractivity (Wildman–Crippen MR) is 53.5 cm³/mol. The van der Waals surface area contributed by atoms with Gasteiger partial charge in [-0.2, -0.15) is 0 Å². The molecular formula is C10H18N2O2. The highest BCUT2D eigenvalue weighted by molar-refractivity contribution is 5.79. The van der Waals surface area contributed by atoms with Crippen LogP contribution in [-0.4, -0.2) is 29.3 Å². The van der Waals surface area contributed by atoms with Crippen LogP contribution < -0.4 is 5.73 Å². The number of nitrogens with two attached hydrogens (primary N) is 1. The van der Waals surface area contributed by atoms with E-state index in [4.69, 9.17) is 5.73 Å². The largest absolute Gasteiger partial charge is 0.370 e. The normalized spacial score (nSPS) is 21.6. The van der Waals surface area contributed by atoms with Crippen molar-refractivity contribution in [1.82, 2.24) is 4.90 Å². The van der Waals surface area contributed by atoms with E-state index in [-0.39, 0.29) is 17.9 Å². The maximum Gasteiger partial charge on any atom is 0.222 e. The quantitative estimate of drug-likeness (QED) is 0.705. The molecule has 0 spiro atoms. The first kappa shape index (κ1) is 11.0. The van der Waals surface area contributed by atoms with Gasteiger partial charge in [0.05, 0.1) is 0 Å². The maximum absolute atomic E-state index is 11.4. The topological polar surface area (TPSA) is 63.4 Å². The lowest BCUT2D eigenvalue weighted by atomic mass is 10.1. The Bertz CT molecular complexity index is 228. The maximum atomic E-state index is 11.4. The molecule has 1 aliphatic rings. The zero-order valence-corrected chi connectivity index (χ0v) is 8.66.